The van der Waals surface area contributed by atoms with Gasteiger partial charge in [0.2, 0.25) is 5.91 Å². The molecule has 5 rings (SSSR count). The summed E-state index contributed by atoms with van der Waals surface area (Å²) in [5.74, 6) is -1.48. The fourth-order valence-electron chi connectivity index (χ4n) is 6.97. The molecule has 3 aliphatic rings. The summed E-state index contributed by atoms with van der Waals surface area (Å²) in [6.45, 7) is 7.17. The lowest BCUT2D eigenvalue weighted by Crippen LogP contribution is -2.57. The molecule has 13 nitrogen and oxygen atoms in total. The van der Waals surface area contributed by atoms with Gasteiger partial charge in [0.15, 0.2) is 0 Å². The second-order valence-corrected chi connectivity index (χ2v) is 14.9. The van der Waals surface area contributed by atoms with E-state index in [1.807, 2.05) is 31.2 Å². The number of allylic oxidation sites excluding steroid dienone is 1. The van der Waals surface area contributed by atoms with Gasteiger partial charge in [-0.15, -0.1) is 0 Å². The second-order valence-electron chi connectivity index (χ2n) is 14.5. The molecule has 0 aliphatic carbocycles. The number of amides is 3. The maximum absolute atomic E-state index is 14.1. The summed E-state index contributed by atoms with van der Waals surface area (Å²) >= 11 is 6.76. The van der Waals surface area contributed by atoms with Gasteiger partial charge in [-0.3, -0.25) is 14.9 Å². The van der Waals surface area contributed by atoms with Gasteiger partial charge in [0, 0.05) is 44.1 Å². The maximum atomic E-state index is 14.1. The van der Waals surface area contributed by atoms with E-state index in [0.717, 1.165) is 5.56 Å². The molecule has 282 valence electrons. The van der Waals surface area contributed by atoms with Crippen molar-refractivity contribution >= 4 is 46.9 Å². The molecular formula is C38H49ClN4O9. The number of methoxy groups -OCH3 is 1. The quantitative estimate of drug-likeness (QED) is 0.166. The summed E-state index contributed by atoms with van der Waals surface area (Å²) < 4.78 is 23.5. The van der Waals surface area contributed by atoms with Crippen molar-refractivity contribution in [2.75, 3.05) is 31.8 Å². The molecule has 2 saturated heterocycles. The van der Waals surface area contributed by atoms with E-state index >= 15 is 0 Å². The predicted octanol–water partition coefficient (Wildman–Crippen LogP) is 4.87. The first-order chi connectivity index (χ1) is 24.5. The number of nitrogens with one attached hydrogen (secondary N) is 1. The minimum atomic E-state index is -1.55. The van der Waals surface area contributed by atoms with Crippen molar-refractivity contribution in [1.29, 1.82) is 0 Å². The van der Waals surface area contributed by atoms with Gasteiger partial charge in [-0.2, -0.15) is 0 Å². The summed E-state index contributed by atoms with van der Waals surface area (Å²) in [5.41, 5.74) is 5.18. The molecule has 52 heavy (non-hydrogen) atoms. The van der Waals surface area contributed by atoms with Gasteiger partial charge in [0.1, 0.15) is 40.3 Å². The standard InChI is InChI=1S/C38H49ClN4O9/c1-21-10-8-9-15-38(48)20-29(50-36(47)41-38)22(2)33-37(4,52-33)30(19-31(44)43(6)27-17-24(16-21)18-28(49-7)32(27)39)51-35(46)23(3)42(5)34(45)25-11-13-26(40)14-12-25/h8-9,11-14,17-18,21-23,29-30,33,48H,10,15-16,19-20,40H2,1-7H3,(H,41,47)/b9-8+/t21?,22-,23+,29+,30+,33+,37+,38-/m1/s1. The lowest BCUT2D eigenvalue weighted by Gasteiger charge is -2.39. The Kier molecular flexibility index (Phi) is 11.5. The zero-order valence-electron chi connectivity index (χ0n) is 30.7. The van der Waals surface area contributed by atoms with Crippen LogP contribution < -0.4 is 20.7 Å². The molecule has 0 saturated carbocycles. The van der Waals surface area contributed by atoms with Gasteiger partial charge in [-0.05, 0) is 74.6 Å². The Labute approximate surface area is 309 Å². The zero-order valence-corrected chi connectivity index (χ0v) is 31.4. The van der Waals surface area contributed by atoms with E-state index in [-0.39, 0.29) is 30.2 Å². The fraction of sp³-hybridized carbons (Fsp3) is 0.526. The highest BCUT2D eigenvalue weighted by atomic mass is 35.5. The number of alkyl carbamates (subject to hydrolysis) is 1. The van der Waals surface area contributed by atoms with Crippen LogP contribution in [0.1, 0.15) is 69.3 Å². The van der Waals surface area contributed by atoms with E-state index in [0.29, 0.717) is 35.5 Å². The van der Waals surface area contributed by atoms with Crippen LogP contribution in [0.15, 0.2) is 48.6 Å². The molecule has 0 aromatic heterocycles. The summed E-state index contributed by atoms with van der Waals surface area (Å²) in [5, 5.41) is 14.2. The van der Waals surface area contributed by atoms with Crippen LogP contribution in [0.25, 0.3) is 0 Å². The minimum Gasteiger partial charge on any atom is -0.495 e. The Morgan fingerprint density at radius 2 is 1.85 bits per heavy atom. The van der Waals surface area contributed by atoms with Crippen LogP contribution in [0.3, 0.4) is 0 Å². The third kappa shape index (κ3) is 8.32. The number of carbonyl (C=O) groups excluding carboxylic acids is 4. The normalized spacial score (nSPS) is 30.6. The van der Waals surface area contributed by atoms with Crippen LogP contribution in [0.2, 0.25) is 5.02 Å². The largest absolute Gasteiger partial charge is 0.495 e. The first-order valence-electron chi connectivity index (χ1n) is 17.5. The molecule has 3 aliphatic heterocycles. The van der Waals surface area contributed by atoms with E-state index in [1.165, 1.54) is 30.9 Å². The van der Waals surface area contributed by atoms with Crippen molar-refractivity contribution in [3.05, 3.63) is 64.7 Å². The van der Waals surface area contributed by atoms with Crippen molar-refractivity contribution in [2.45, 2.75) is 95.5 Å². The molecule has 3 heterocycles. The number of carbonyl (C=O) groups is 4. The topological polar surface area (TPSA) is 173 Å². The van der Waals surface area contributed by atoms with Crippen molar-refractivity contribution < 1.29 is 43.2 Å². The molecule has 1 unspecified atom stereocenters. The molecule has 2 fully saturated rings. The highest BCUT2D eigenvalue weighted by Crippen LogP contribution is 2.49. The van der Waals surface area contributed by atoms with E-state index in [2.05, 4.69) is 12.2 Å². The van der Waals surface area contributed by atoms with Crippen LogP contribution in [0.5, 0.6) is 5.75 Å². The van der Waals surface area contributed by atoms with Gasteiger partial charge in [-0.25, -0.2) is 9.59 Å². The van der Waals surface area contributed by atoms with Crippen molar-refractivity contribution in [3.63, 3.8) is 0 Å². The first-order valence-corrected chi connectivity index (χ1v) is 17.8. The number of nitrogens with zero attached hydrogens (tertiary/aromatic N) is 2. The Bertz CT molecular complexity index is 1720. The zero-order chi connectivity index (χ0) is 38.1. The molecule has 14 heteroatoms. The average molecular weight is 741 g/mol. The van der Waals surface area contributed by atoms with Gasteiger partial charge in [0.05, 0.1) is 25.3 Å². The Balaban J connectivity index is 1.48. The number of ether oxygens (including phenoxy) is 4. The van der Waals surface area contributed by atoms with Gasteiger partial charge in [-0.1, -0.05) is 37.6 Å². The fourth-order valence-corrected chi connectivity index (χ4v) is 7.28. The van der Waals surface area contributed by atoms with Crippen molar-refractivity contribution in [2.24, 2.45) is 11.8 Å². The van der Waals surface area contributed by atoms with E-state index in [4.69, 9.17) is 36.3 Å². The van der Waals surface area contributed by atoms with Crippen LogP contribution >= 0.6 is 11.6 Å². The van der Waals surface area contributed by atoms with E-state index in [1.54, 1.807) is 38.2 Å². The van der Waals surface area contributed by atoms with Crippen LogP contribution in [-0.4, -0.2) is 90.8 Å². The molecule has 3 amide bonds. The van der Waals surface area contributed by atoms with E-state index in [9.17, 15) is 24.3 Å². The number of fused-ring (bicyclic) bond motifs is 5. The number of nitrogen functional groups attached to an aromatic ring is 1. The number of aliphatic hydroxyl groups is 1. The highest BCUT2D eigenvalue weighted by Gasteiger charge is 2.64. The second kappa shape index (κ2) is 15.3. The number of epoxide rings is 1. The number of halogens is 1. The number of hydrogen-bond donors (Lipinski definition) is 3. The lowest BCUT2D eigenvalue weighted by molar-refractivity contribution is -0.158. The third-order valence-electron chi connectivity index (χ3n) is 10.5. The molecule has 2 aromatic rings. The lowest BCUT2D eigenvalue weighted by atomic mass is 9.84. The molecule has 2 aromatic carbocycles. The Hall–Kier alpha value is -4.33. The SMILES string of the molecule is COc1cc2cc(c1Cl)N(C)C(=O)C[C@H](OC(=O)[C@H](C)N(C)C(=O)c1ccc(N)cc1)[C@]1(C)O[C@H]1[C@H](C)[C@@H]1C[C@](O)(C/C=C/CC(C)C2)NC(=O)O1. The van der Waals surface area contributed by atoms with E-state index < -0.39 is 65.5 Å². The molecule has 4 bridgehead atoms. The van der Waals surface area contributed by atoms with Gasteiger partial charge in [0.25, 0.3) is 5.91 Å². The van der Waals surface area contributed by atoms with Crippen LogP contribution in [-0.2, 0) is 30.2 Å². The minimum absolute atomic E-state index is 0.0844. The monoisotopic (exact) mass is 740 g/mol. The molecule has 8 atom stereocenters. The smallest absolute Gasteiger partial charge is 0.409 e. The molecule has 0 spiro atoms. The first kappa shape index (κ1) is 38.9. The van der Waals surface area contributed by atoms with Crippen LogP contribution in [0.4, 0.5) is 16.2 Å². The number of rotatable bonds is 5. The number of anilines is 2. The molecule has 4 N–H and O–H groups in total. The summed E-state index contributed by atoms with van der Waals surface area (Å²) in [4.78, 5) is 56.5. The number of esters is 1. The highest BCUT2D eigenvalue weighted by molar-refractivity contribution is 6.35. The van der Waals surface area contributed by atoms with Gasteiger partial charge < -0.3 is 39.6 Å². The molecule has 0 radical (unpaired) electrons. The summed E-state index contributed by atoms with van der Waals surface area (Å²) in [6, 6.07) is 8.97. The number of hydrogen-bond acceptors (Lipinski definition) is 10. The Morgan fingerprint density at radius 3 is 2.52 bits per heavy atom. The maximum Gasteiger partial charge on any atom is 0.409 e. The number of likely N-dealkylation sites (N-methyl/N-ethyl adjacent to an activating group) is 1. The summed E-state index contributed by atoms with van der Waals surface area (Å²) in [6.07, 6.45) is 1.84. The predicted molar refractivity (Wildman–Crippen MR) is 195 cm³/mol. The third-order valence-corrected chi connectivity index (χ3v) is 10.9. The number of benzene rings is 2. The van der Waals surface area contributed by atoms with Crippen molar-refractivity contribution in [3.8, 4) is 5.75 Å². The van der Waals surface area contributed by atoms with Crippen LogP contribution in [0, 0.1) is 11.8 Å². The Morgan fingerprint density at radius 1 is 1.15 bits per heavy atom. The summed E-state index contributed by atoms with van der Waals surface area (Å²) in [7, 11) is 4.58. The van der Waals surface area contributed by atoms with Crippen molar-refractivity contribution in [1.82, 2.24) is 10.2 Å². The number of nitrogens with two attached hydrogens (primary N) is 1. The van der Waals surface area contributed by atoms with Gasteiger partial charge >= 0.3 is 12.1 Å². The molecular weight excluding hydrogens is 692 g/mol. The average Bonchev–Trinajstić information content (AvgIpc) is 3.80.